The van der Waals surface area contributed by atoms with Crippen LogP contribution in [0.5, 0.6) is 5.75 Å². The largest absolute Gasteiger partial charge is 0.496 e. The smallest absolute Gasteiger partial charge is 0.338 e. The molecule has 0 aliphatic heterocycles. The topological polar surface area (TPSA) is 82.4 Å². The molecular formula is C17H20BrN3O4. The first-order valence-electron chi connectivity index (χ1n) is 7.60. The lowest BCUT2D eigenvalue weighted by Gasteiger charge is -2.14. The first kappa shape index (κ1) is 19.0. The molecule has 1 heterocycles. The lowest BCUT2D eigenvalue weighted by atomic mass is 10.2. The lowest BCUT2D eigenvalue weighted by molar-refractivity contribution is -0.123. The van der Waals surface area contributed by atoms with E-state index in [1.807, 2.05) is 6.92 Å². The van der Waals surface area contributed by atoms with Crippen LogP contribution < -0.4 is 10.1 Å². The summed E-state index contributed by atoms with van der Waals surface area (Å²) in [6.45, 7) is 5.17. The number of nitrogens with one attached hydrogen (secondary N) is 1. The van der Waals surface area contributed by atoms with E-state index in [4.69, 9.17) is 9.47 Å². The molecule has 7 nitrogen and oxygen atoms in total. The molecule has 25 heavy (non-hydrogen) atoms. The molecule has 0 saturated carbocycles. The summed E-state index contributed by atoms with van der Waals surface area (Å²) in [5.41, 5.74) is 2.47. The van der Waals surface area contributed by atoms with E-state index in [-0.39, 0.29) is 0 Å². The summed E-state index contributed by atoms with van der Waals surface area (Å²) in [6, 6.07) is 4.81. The minimum Gasteiger partial charge on any atom is -0.496 e. The van der Waals surface area contributed by atoms with Crippen molar-refractivity contribution >= 4 is 33.5 Å². The number of esters is 1. The summed E-state index contributed by atoms with van der Waals surface area (Å²) >= 11 is 3.31. The SMILES string of the molecule is COc1ccc(C(=O)O[C@@H](C)C(=O)Nc2c(C)nn(C)c2C)cc1Br. The quantitative estimate of drug-likeness (QED) is 0.767. The van der Waals surface area contributed by atoms with Crippen molar-refractivity contribution in [1.29, 1.82) is 0 Å². The van der Waals surface area contributed by atoms with E-state index in [2.05, 4.69) is 26.3 Å². The molecule has 2 rings (SSSR count). The van der Waals surface area contributed by atoms with Gasteiger partial charge < -0.3 is 14.8 Å². The van der Waals surface area contributed by atoms with E-state index in [0.717, 1.165) is 5.69 Å². The Labute approximate surface area is 154 Å². The Morgan fingerprint density at radius 3 is 2.52 bits per heavy atom. The summed E-state index contributed by atoms with van der Waals surface area (Å²) in [7, 11) is 3.33. The third-order valence-corrected chi connectivity index (χ3v) is 4.42. The second-order valence-electron chi connectivity index (χ2n) is 5.56. The molecule has 1 aromatic heterocycles. The Balaban J connectivity index is 2.05. The standard InChI is InChI=1S/C17H20BrN3O4/c1-9-15(10(2)21(4)20-9)19-16(22)11(3)25-17(23)12-6-7-14(24-5)13(18)8-12/h6-8,11H,1-5H3,(H,19,22)/t11-/m0/s1. The Hall–Kier alpha value is -2.35. The van der Waals surface area contributed by atoms with Gasteiger partial charge in [0.05, 0.1) is 34.2 Å². The van der Waals surface area contributed by atoms with Crippen molar-refractivity contribution in [2.45, 2.75) is 26.9 Å². The number of nitrogens with zero attached hydrogens (tertiary/aromatic N) is 2. The van der Waals surface area contributed by atoms with Gasteiger partial charge in [-0.1, -0.05) is 0 Å². The van der Waals surface area contributed by atoms with E-state index < -0.39 is 18.0 Å². The molecule has 0 aliphatic carbocycles. The first-order chi connectivity index (χ1) is 11.7. The van der Waals surface area contributed by atoms with E-state index >= 15 is 0 Å². The Morgan fingerprint density at radius 1 is 1.32 bits per heavy atom. The van der Waals surface area contributed by atoms with E-state index in [0.29, 0.717) is 27.2 Å². The number of aryl methyl sites for hydroxylation is 2. The molecule has 1 atom stereocenters. The summed E-state index contributed by atoms with van der Waals surface area (Å²) in [4.78, 5) is 24.5. The number of amides is 1. The fraction of sp³-hybridized carbons (Fsp3) is 0.353. The number of hydrogen-bond acceptors (Lipinski definition) is 5. The zero-order valence-corrected chi connectivity index (χ0v) is 16.3. The van der Waals surface area contributed by atoms with Crippen molar-refractivity contribution in [1.82, 2.24) is 9.78 Å². The fourth-order valence-electron chi connectivity index (χ4n) is 2.25. The van der Waals surface area contributed by atoms with Gasteiger partial charge in [-0.15, -0.1) is 0 Å². The average Bonchev–Trinajstić information content (AvgIpc) is 2.80. The number of benzene rings is 1. The molecule has 0 unspecified atom stereocenters. The summed E-state index contributed by atoms with van der Waals surface area (Å²) < 4.78 is 12.7. The Bertz CT molecular complexity index is 816. The molecular weight excluding hydrogens is 390 g/mol. The molecule has 134 valence electrons. The number of ether oxygens (including phenoxy) is 2. The Kier molecular flexibility index (Phi) is 5.84. The predicted octanol–water partition coefficient (Wildman–Crippen LogP) is 2.99. The highest BCUT2D eigenvalue weighted by atomic mass is 79.9. The van der Waals surface area contributed by atoms with E-state index in [9.17, 15) is 9.59 Å². The number of hydrogen-bond donors (Lipinski definition) is 1. The van der Waals surface area contributed by atoms with Crippen molar-refractivity contribution in [2.24, 2.45) is 7.05 Å². The minimum atomic E-state index is -0.951. The van der Waals surface area contributed by atoms with Gasteiger partial charge >= 0.3 is 5.97 Å². The average molecular weight is 410 g/mol. The number of carbonyl (C=O) groups is 2. The summed E-state index contributed by atoms with van der Waals surface area (Å²) in [6.07, 6.45) is -0.951. The molecule has 1 aromatic carbocycles. The monoisotopic (exact) mass is 409 g/mol. The van der Waals surface area contributed by atoms with Crippen molar-refractivity contribution in [3.63, 3.8) is 0 Å². The lowest BCUT2D eigenvalue weighted by Crippen LogP contribution is -2.30. The third kappa shape index (κ3) is 4.19. The molecule has 0 spiro atoms. The third-order valence-electron chi connectivity index (χ3n) is 3.80. The molecule has 0 radical (unpaired) electrons. The Morgan fingerprint density at radius 2 is 2.00 bits per heavy atom. The van der Waals surface area contributed by atoms with Crippen molar-refractivity contribution in [2.75, 3.05) is 12.4 Å². The number of anilines is 1. The predicted molar refractivity (Wildman–Crippen MR) is 96.9 cm³/mol. The van der Waals surface area contributed by atoms with Crippen LogP contribution in [-0.2, 0) is 16.6 Å². The summed E-state index contributed by atoms with van der Waals surface area (Å²) in [5.74, 6) is -0.407. The number of rotatable bonds is 5. The zero-order chi connectivity index (χ0) is 18.7. The number of methoxy groups -OCH3 is 1. The van der Waals surface area contributed by atoms with Gasteiger partial charge in [-0.3, -0.25) is 9.48 Å². The van der Waals surface area contributed by atoms with Crippen LogP contribution in [0.2, 0.25) is 0 Å². The molecule has 0 fully saturated rings. The molecule has 1 N–H and O–H groups in total. The van der Waals surface area contributed by atoms with Gasteiger partial charge in [-0.2, -0.15) is 5.10 Å². The second-order valence-corrected chi connectivity index (χ2v) is 6.41. The van der Waals surface area contributed by atoms with Crippen LogP contribution in [-0.4, -0.2) is 34.9 Å². The number of carbonyl (C=O) groups excluding carboxylic acids is 2. The van der Waals surface area contributed by atoms with Crippen molar-refractivity contribution in [3.8, 4) is 5.75 Å². The maximum Gasteiger partial charge on any atom is 0.338 e. The summed E-state index contributed by atoms with van der Waals surface area (Å²) in [5, 5.41) is 6.99. The van der Waals surface area contributed by atoms with E-state index in [1.165, 1.54) is 14.0 Å². The van der Waals surface area contributed by atoms with Crippen LogP contribution in [0.25, 0.3) is 0 Å². The minimum absolute atomic E-state index is 0.320. The van der Waals surface area contributed by atoms with Crippen LogP contribution in [0.3, 0.4) is 0 Å². The van der Waals surface area contributed by atoms with Gasteiger partial charge in [0.15, 0.2) is 6.10 Å². The van der Waals surface area contributed by atoms with Crippen molar-refractivity contribution in [3.05, 3.63) is 39.6 Å². The van der Waals surface area contributed by atoms with E-state index in [1.54, 1.807) is 36.9 Å². The number of aromatic nitrogens is 2. The molecule has 1 amide bonds. The molecule has 0 saturated heterocycles. The molecule has 2 aromatic rings. The highest BCUT2D eigenvalue weighted by molar-refractivity contribution is 9.10. The van der Waals surface area contributed by atoms with Crippen molar-refractivity contribution < 1.29 is 19.1 Å². The van der Waals surface area contributed by atoms with Crippen LogP contribution in [0.1, 0.15) is 28.7 Å². The van der Waals surface area contributed by atoms with Gasteiger partial charge in [0.25, 0.3) is 5.91 Å². The van der Waals surface area contributed by atoms with Crippen LogP contribution in [0, 0.1) is 13.8 Å². The van der Waals surface area contributed by atoms with Gasteiger partial charge in [0.1, 0.15) is 5.75 Å². The highest BCUT2D eigenvalue weighted by Gasteiger charge is 2.22. The number of halogens is 1. The zero-order valence-electron chi connectivity index (χ0n) is 14.7. The van der Waals surface area contributed by atoms with Crippen LogP contribution in [0.4, 0.5) is 5.69 Å². The first-order valence-corrected chi connectivity index (χ1v) is 8.39. The normalized spacial score (nSPS) is 11.8. The highest BCUT2D eigenvalue weighted by Crippen LogP contribution is 2.26. The van der Waals surface area contributed by atoms with Crippen LogP contribution >= 0.6 is 15.9 Å². The molecule has 0 aliphatic rings. The maximum atomic E-state index is 12.3. The fourth-order valence-corrected chi connectivity index (χ4v) is 2.80. The van der Waals surface area contributed by atoms with Gasteiger partial charge in [0.2, 0.25) is 0 Å². The second kappa shape index (κ2) is 7.69. The van der Waals surface area contributed by atoms with Crippen LogP contribution in [0.15, 0.2) is 22.7 Å². The molecule has 8 heteroatoms. The maximum absolute atomic E-state index is 12.3. The van der Waals surface area contributed by atoms with Gasteiger partial charge in [-0.05, 0) is 54.9 Å². The van der Waals surface area contributed by atoms with Gasteiger partial charge in [0, 0.05) is 7.05 Å². The van der Waals surface area contributed by atoms with Gasteiger partial charge in [-0.25, -0.2) is 4.79 Å². The molecule has 0 bridgehead atoms.